The maximum absolute atomic E-state index is 9.26. The average Bonchev–Trinajstić information content (AvgIpc) is 2.91. The molecule has 0 amide bonds. The fourth-order valence-corrected chi connectivity index (χ4v) is 4.26. The number of nitriles is 2. The molecule has 7 heteroatoms. The van der Waals surface area contributed by atoms with Crippen molar-refractivity contribution in [2.45, 2.75) is 148 Å². The van der Waals surface area contributed by atoms with E-state index in [9.17, 15) is 10.5 Å². The Labute approximate surface area is 226 Å². The van der Waals surface area contributed by atoms with E-state index in [1.165, 1.54) is 103 Å². The average molecular weight is 514 g/mol. The van der Waals surface area contributed by atoms with Gasteiger partial charge in [-0.05, 0) is 12.8 Å². The van der Waals surface area contributed by atoms with E-state index in [1.807, 2.05) is 12.1 Å². The zero-order chi connectivity index (χ0) is 26.8. The lowest BCUT2D eigenvalue weighted by molar-refractivity contribution is 0.250. The Bertz CT molecular complexity index is 701. The molecule has 1 aromatic rings. The Morgan fingerprint density at radius 2 is 0.838 bits per heavy atom. The minimum absolute atomic E-state index is 0.0937. The van der Waals surface area contributed by atoms with E-state index in [0.717, 1.165) is 25.7 Å². The third-order valence-corrected chi connectivity index (χ3v) is 6.59. The van der Waals surface area contributed by atoms with Crippen LogP contribution in [0.25, 0.3) is 0 Å². The Morgan fingerprint density at radius 1 is 0.514 bits per heavy atom. The number of hydrogen-bond acceptors (Lipinski definition) is 7. The summed E-state index contributed by atoms with van der Waals surface area (Å²) >= 11 is 0. The Kier molecular flexibility index (Phi) is 21.1. The molecule has 0 radical (unpaired) electrons. The number of hydrogen-bond donors (Lipinski definition) is 0. The van der Waals surface area contributed by atoms with Gasteiger partial charge in [0.05, 0.1) is 25.4 Å². The number of nitrogens with zero attached hydrogens (tertiary/aromatic N) is 5. The first kappa shape index (κ1) is 32.6. The highest BCUT2D eigenvalue weighted by atomic mass is 16.5. The van der Waals surface area contributed by atoms with Gasteiger partial charge in [0.2, 0.25) is 0 Å². The molecule has 37 heavy (non-hydrogen) atoms. The molecule has 0 saturated heterocycles. The smallest absolute Gasteiger partial charge is 0.322 e. The molecule has 0 unspecified atom stereocenters. The molecule has 0 aromatic carbocycles. The Morgan fingerprint density at radius 3 is 1.16 bits per heavy atom. The molecule has 1 aromatic heterocycles. The van der Waals surface area contributed by atoms with Gasteiger partial charge < -0.3 is 9.47 Å². The summed E-state index contributed by atoms with van der Waals surface area (Å²) in [6, 6.07) is 4.11. The second kappa shape index (κ2) is 24.0. The monoisotopic (exact) mass is 513 g/mol. The van der Waals surface area contributed by atoms with Gasteiger partial charge in [-0.2, -0.15) is 20.5 Å². The molecule has 0 spiro atoms. The maximum atomic E-state index is 9.26. The van der Waals surface area contributed by atoms with Crippen LogP contribution in [0.3, 0.4) is 0 Å². The molecule has 0 saturated carbocycles. The predicted octanol–water partition coefficient (Wildman–Crippen LogP) is 8.60. The van der Waals surface area contributed by atoms with Gasteiger partial charge >= 0.3 is 12.0 Å². The summed E-state index contributed by atoms with van der Waals surface area (Å²) in [5, 5.41) is 18.5. The lowest BCUT2D eigenvalue weighted by Crippen LogP contribution is -2.10. The summed E-state index contributed by atoms with van der Waals surface area (Å²) < 4.78 is 11.5. The second-order valence-electron chi connectivity index (χ2n) is 10.0. The van der Waals surface area contributed by atoms with Gasteiger partial charge in [0.15, 0.2) is 11.7 Å². The highest BCUT2D eigenvalue weighted by molar-refractivity contribution is 5.21. The predicted molar refractivity (Wildman–Crippen MR) is 148 cm³/mol. The summed E-state index contributed by atoms with van der Waals surface area (Å²) in [6.07, 6.45) is 25.0. The van der Waals surface area contributed by atoms with E-state index in [-0.39, 0.29) is 17.8 Å². The highest BCUT2D eigenvalue weighted by Gasteiger charge is 2.17. The molecule has 0 bridgehead atoms. The van der Waals surface area contributed by atoms with E-state index < -0.39 is 5.92 Å². The lowest BCUT2D eigenvalue weighted by Gasteiger charge is -2.09. The minimum atomic E-state index is -1.07. The van der Waals surface area contributed by atoms with Crippen LogP contribution in [-0.2, 0) is 0 Å². The molecular formula is C30H51N5O2. The zero-order valence-corrected chi connectivity index (χ0v) is 23.7. The summed E-state index contributed by atoms with van der Waals surface area (Å²) in [5.74, 6) is -0.974. The van der Waals surface area contributed by atoms with E-state index in [2.05, 4.69) is 28.8 Å². The van der Waals surface area contributed by atoms with Gasteiger partial charge in [-0.15, -0.1) is 4.98 Å². The molecule has 1 heterocycles. The lowest BCUT2D eigenvalue weighted by atomic mass is 10.1. The third-order valence-electron chi connectivity index (χ3n) is 6.59. The van der Waals surface area contributed by atoms with Gasteiger partial charge in [0, 0.05) is 0 Å². The van der Waals surface area contributed by atoms with Crippen LogP contribution in [0.15, 0.2) is 0 Å². The molecule has 0 aliphatic carbocycles. The standard InChI is InChI=1S/C30H51N5O2/c1-3-5-7-9-11-13-15-17-19-21-23-36-29-33-28(27(25-31)26-32)34-30(35-29)37-24-22-20-18-16-14-12-10-8-6-4-2/h27H,3-24H2,1-2H3. The van der Waals surface area contributed by atoms with Crippen molar-refractivity contribution in [2.24, 2.45) is 0 Å². The van der Waals surface area contributed by atoms with Crippen LogP contribution in [0, 0.1) is 22.7 Å². The fourth-order valence-electron chi connectivity index (χ4n) is 4.26. The summed E-state index contributed by atoms with van der Waals surface area (Å²) in [7, 11) is 0. The number of ether oxygens (including phenoxy) is 2. The minimum Gasteiger partial charge on any atom is -0.463 e. The topological polar surface area (TPSA) is 105 Å². The molecular weight excluding hydrogens is 462 g/mol. The molecule has 0 atom stereocenters. The summed E-state index contributed by atoms with van der Waals surface area (Å²) in [4.78, 5) is 12.7. The molecule has 0 fully saturated rings. The van der Waals surface area contributed by atoms with Crippen molar-refractivity contribution in [1.29, 1.82) is 10.5 Å². The van der Waals surface area contributed by atoms with E-state index >= 15 is 0 Å². The van der Waals surface area contributed by atoms with Gasteiger partial charge in [0.1, 0.15) is 0 Å². The number of rotatable bonds is 25. The van der Waals surface area contributed by atoms with Crippen LogP contribution in [0.2, 0.25) is 0 Å². The van der Waals surface area contributed by atoms with Crippen LogP contribution >= 0.6 is 0 Å². The molecule has 0 aliphatic heterocycles. The molecule has 1 rings (SSSR count). The molecule has 208 valence electrons. The Balaban J connectivity index is 2.31. The van der Waals surface area contributed by atoms with Crippen molar-refractivity contribution in [1.82, 2.24) is 15.0 Å². The second-order valence-corrected chi connectivity index (χ2v) is 10.0. The normalized spacial score (nSPS) is 10.8. The van der Waals surface area contributed by atoms with Crippen molar-refractivity contribution < 1.29 is 9.47 Å². The molecule has 0 aliphatic rings. The van der Waals surface area contributed by atoms with Gasteiger partial charge in [-0.25, -0.2) is 0 Å². The van der Waals surface area contributed by atoms with Crippen molar-refractivity contribution in [3.63, 3.8) is 0 Å². The van der Waals surface area contributed by atoms with E-state index in [0.29, 0.717) is 13.2 Å². The third kappa shape index (κ3) is 17.6. The quantitative estimate of drug-likeness (QED) is 0.120. The van der Waals surface area contributed by atoms with Crippen molar-refractivity contribution in [3.8, 4) is 24.2 Å². The van der Waals surface area contributed by atoms with Crippen LogP contribution < -0.4 is 9.47 Å². The van der Waals surface area contributed by atoms with Crippen LogP contribution in [0.5, 0.6) is 12.0 Å². The first-order valence-corrected chi connectivity index (χ1v) is 15.1. The van der Waals surface area contributed by atoms with Gasteiger partial charge in [-0.1, -0.05) is 129 Å². The van der Waals surface area contributed by atoms with Gasteiger partial charge in [0.25, 0.3) is 0 Å². The van der Waals surface area contributed by atoms with E-state index in [1.54, 1.807) is 0 Å². The van der Waals surface area contributed by atoms with Crippen LogP contribution in [-0.4, -0.2) is 28.2 Å². The zero-order valence-electron chi connectivity index (χ0n) is 23.7. The van der Waals surface area contributed by atoms with E-state index in [4.69, 9.17) is 9.47 Å². The van der Waals surface area contributed by atoms with Crippen molar-refractivity contribution in [2.75, 3.05) is 13.2 Å². The number of unbranched alkanes of at least 4 members (excludes halogenated alkanes) is 18. The summed E-state index contributed by atoms with van der Waals surface area (Å²) in [5.41, 5.74) is 0. The molecule has 0 N–H and O–H groups in total. The first-order chi connectivity index (χ1) is 18.2. The number of aromatic nitrogens is 3. The van der Waals surface area contributed by atoms with Crippen molar-refractivity contribution >= 4 is 0 Å². The molecule has 7 nitrogen and oxygen atoms in total. The SMILES string of the molecule is CCCCCCCCCCCCOc1nc(OCCCCCCCCCCCC)nc(C(C#N)C#N)n1. The van der Waals surface area contributed by atoms with Crippen LogP contribution in [0.1, 0.15) is 154 Å². The largest absolute Gasteiger partial charge is 0.463 e. The summed E-state index contributed by atoms with van der Waals surface area (Å²) in [6.45, 7) is 5.50. The maximum Gasteiger partial charge on any atom is 0.322 e. The van der Waals surface area contributed by atoms with Crippen molar-refractivity contribution in [3.05, 3.63) is 5.82 Å². The van der Waals surface area contributed by atoms with Gasteiger partial charge in [-0.3, -0.25) is 0 Å². The first-order valence-electron chi connectivity index (χ1n) is 15.1. The fraction of sp³-hybridized carbons (Fsp3) is 0.833. The highest BCUT2D eigenvalue weighted by Crippen LogP contribution is 2.18. The Hall–Kier alpha value is -2.41. The van der Waals surface area contributed by atoms with Crippen LogP contribution in [0.4, 0.5) is 0 Å².